The highest BCUT2D eigenvalue weighted by Crippen LogP contribution is 2.42. The fourth-order valence-electron chi connectivity index (χ4n) is 3.82. The number of amides is 2. The average Bonchev–Trinajstić information content (AvgIpc) is 2.96. The standard InChI is InChI=1S/C27H21ClF5N5O5S/c1-34-26(39)38(25-9-7-16(13-35-25)44(40,41)37-24-5-3-4-23(30)36-24)20-12-18(28)17(11-22(20)42-2)15-6-8-19(29)21(10-15)43-14-27(31,32)33/h3-13H,14H2,1-2H3,(H,34,39)(H,36,37). The minimum atomic E-state index is -4.69. The molecule has 0 aliphatic heterocycles. The van der Waals surface area contributed by atoms with E-state index in [-0.39, 0.29) is 44.1 Å². The molecule has 0 unspecified atom stereocenters. The van der Waals surface area contributed by atoms with Crippen molar-refractivity contribution in [2.24, 2.45) is 0 Å². The highest BCUT2D eigenvalue weighted by atomic mass is 35.5. The molecule has 0 fully saturated rings. The second-order valence-electron chi connectivity index (χ2n) is 8.75. The molecule has 232 valence electrons. The molecule has 17 heteroatoms. The van der Waals surface area contributed by atoms with Crippen molar-refractivity contribution in [3.05, 3.63) is 83.6 Å². The van der Waals surface area contributed by atoms with Crippen molar-refractivity contribution in [2.45, 2.75) is 11.1 Å². The molecule has 4 aromatic rings. The molecule has 2 aromatic heterocycles. The van der Waals surface area contributed by atoms with E-state index in [1.165, 1.54) is 50.6 Å². The van der Waals surface area contributed by atoms with Gasteiger partial charge in [-0.25, -0.2) is 32.5 Å². The molecular weight excluding hydrogens is 637 g/mol. The lowest BCUT2D eigenvalue weighted by Gasteiger charge is -2.24. The van der Waals surface area contributed by atoms with Gasteiger partial charge in [0.05, 0.1) is 17.8 Å². The number of nitrogens with one attached hydrogen (secondary N) is 2. The number of methoxy groups -OCH3 is 1. The van der Waals surface area contributed by atoms with Gasteiger partial charge in [0.2, 0.25) is 5.95 Å². The normalized spacial score (nSPS) is 11.5. The Bertz CT molecular complexity index is 1790. The van der Waals surface area contributed by atoms with Crippen molar-refractivity contribution in [1.29, 1.82) is 0 Å². The third kappa shape index (κ3) is 7.44. The molecule has 0 saturated heterocycles. The van der Waals surface area contributed by atoms with Crippen LogP contribution in [-0.2, 0) is 10.0 Å². The van der Waals surface area contributed by atoms with Gasteiger partial charge >= 0.3 is 12.2 Å². The number of carbonyl (C=O) groups is 1. The maximum absolute atomic E-state index is 14.2. The first-order valence-corrected chi connectivity index (χ1v) is 14.1. The number of halogens is 6. The van der Waals surface area contributed by atoms with Crippen LogP contribution in [0.3, 0.4) is 0 Å². The molecule has 0 spiro atoms. The van der Waals surface area contributed by atoms with Crippen molar-refractivity contribution >= 4 is 45.0 Å². The van der Waals surface area contributed by atoms with Crippen LogP contribution in [0.2, 0.25) is 5.02 Å². The first kappa shape index (κ1) is 32.2. The number of anilines is 3. The zero-order chi connectivity index (χ0) is 32.2. The number of ether oxygens (including phenoxy) is 2. The topological polar surface area (TPSA) is 123 Å². The molecule has 0 bridgehead atoms. The van der Waals surface area contributed by atoms with Crippen LogP contribution in [0.4, 0.5) is 44.1 Å². The molecule has 44 heavy (non-hydrogen) atoms. The van der Waals surface area contributed by atoms with Gasteiger partial charge in [0.1, 0.15) is 22.3 Å². The third-order valence-corrected chi connectivity index (χ3v) is 7.43. The summed E-state index contributed by atoms with van der Waals surface area (Å²) in [6.45, 7) is -1.71. The van der Waals surface area contributed by atoms with Gasteiger partial charge in [0.25, 0.3) is 10.0 Å². The van der Waals surface area contributed by atoms with Gasteiger partial charge in [-0.05, 0) is 54.1 Å². The Hall–Kier alpha value is -4.70. The molecule has 10 nitrogen and oxygen atoms in total. The summed E-state index contributed by atoms with van der Waals surface area (Å²) in [5, 5.41) is 2.41. The number of hydrogen-bond acceptors (Lipinski definition) is 7. The summed E-state index contributed by atoms with van der Waals surface area (Å²) in [6, 6.07) is 11.1. The molecule has 0 atom stereocenters. The van der Waals surface area contributed by atoms with E-state index in [0.29, 0.717) is 0 Å². The Morgan fingerprint density at radius 2 is 1.80 bits per heavy atom. The van der Waals surface area contributed by atoms with Crippen molar-refractivity contribution in [3.8, 4) is 22.6 Å². The number of aromatic nitrogens is 2. The number of rotatable bonds is 9. The van der Waals surface area contributed by atoms with E-state index in [1.807, 2.05) is 0 Å². The van der Waals surface area contributed by atoms with Gasteiger partial charge in [-0.15, -0.1) is 0 Å². The molecule has 0 radical (unpaired) electrons. The summed E-state index contributed by atoms with van der Waals surface area (Å²) in [7, 11) is -1.64. The summed E-state index contributed by atoms with van der Waals surface area (Å²) in [5.41, 5.74) is 0.423. The van der Waals surface area contributed by atoms with E-state index in [1.54, 1.807) is 0 Å². The fourth-order valence-corrected chi connectivity index (χ4v) is 5.03. The average molecular weight is 658 g/mol. The van der Waals surface area contributed by atoms with Crippen LogP contribution in [0.5, 0.6) is 11.5 Å². The zero-order valence-electron chi connectivity index (χ0n) is 22.6. The van der Waals surface area contributed by atoms with Gasteiger partial charge in [-0.2, -0.15) is 17.6 Å². The Morgan fingerprint density at radius 3 is 2.41 bits per heavy atom. The summed E-state index contributed by atoms with van der Waals surface area (Å²) in [4.78, 5) is 21.2. The number of pyridine rings is 2. The molecule has 0 aliphatic carbocycles. The molecule has 2 heterocycles. The monoisotopic (exact) mass is 657 g/mol. The largest absolute Gasteiger partial charge is 0.495 e. The summed E-state index contributed by atoms with van der Waals surface area (Å²) >= 11 is 6.52. The zero-order valence-corrected chi connectivity index (χ0v) is 24.2. The lowest BCUT2D eigenvalue weighted by atomic mass is 10.0. The van der Waals surface area contributed by atoms with Gasteiger partial charge in [-0.3, -0.25) is 4.72 Å². The van der Waals surface area contributed by atoms with E-state index < -0.39 is 46.4 Å². The molecule has 2 aromatic carbocycles. The predicted molar refractivity (Wildman–Crippen MR) is 151 cm³/mol. The lowest BCUT2D eigenvalue weighted by Crippen LogP contribution is -2.35. The minimum absolute atomic E-state index is 0.0194. The first-order chi connectivity index (χ1) is 20.7. The van der Waals surface area contributed by atoms with E-state index in [9.17, 15) is 35.2 Å². The first-order valence-electron chi connectivity index (χ1n) is 12.2. The van der Waals surface area contributed by atoms with E-state index in [2.05, 4.69) is 24.7 Å². The summed E-state index contributed by atoms with van der Waals surface area (Å²) in [5.74, 6) is -2.88. The van der Waals surface area contributed by atoms with E-state index >= 15 is 0 Å². The Labute approximate surface area is 252 Å². The number of urea groups is 1. The van der Waals surface area contributed by atoms with Crippen molar-refractivity contribution < 1.29 is 44.6 Å². The van der Waals surface area contributed by atoms with E-state index in [4.69, 9.17) is 16.3 Å². The molecule has 2 amide bonds. The molecule has 0 aliphatic rings. The van der Waals surface area contributed by atoms with Crippen LogP contribution >= 0.6 is 11.6 Å². The Morgan fingerprint density at radius 1 is 1.05 bits per heavy atom. The van der Waals surface area contributed by atoms with Crippen molar-refractivity contribution in [1.82, 2.24) is 15.3 Å². The fraction of sp³-hybridized carbons (Fsp3) is 0.148. The molecule has 4 rings (SSSR count). The number of nitrogens with zero attached hydrogens (tertiary/aromatic N) is 3. The van der Waals surface area contributed by atoms with Crippen molar-refractivity contribution in [2.75, 3.05) is 30.4 Å². The Balaban J connectivity index is 1.70. The minimum Gasteiger partial charge on any atom is -0.495 e. The van der Waals surface area contributed by atoms with Crippen LogP contribution in [0.1, 0.15) is 0 Å². The van der Waals surface area contributed by atoms with Gasteiger partial charge in [0.15, 0.2) is 18.2 Å². The maximum atomic E-state index is 14.2. The number of carbonyl (C=O) groups excluding carboxylic acids is 1. The molecular formula is C27H21ClF5N5O5S. The second-order valence-corrected chi connectivity index (χ2v) is 10.8. The smallest absolute Gasteiger partial charge is 0.422 e. The molecule has 0 saturated carbocycles. The highest BCUT2D eigenvalue weighted by Gasteiger charge is 2.29. The van der Waals surface area contributed by atoms with Crippen LogP contribution in [0.25, 0.3) is 11.1 Å². The third-order valence-electron chi connectivity index (χ3n) is 5.77. The van der Waals surface area contributed by atoms with Crippen LogP contribution in [0.15, 0.2) is 71.8 Å². The number of benzene rings is 2. The number of alkyl halides is 3. The number of sulfonamides is 1. The maximum Gasteiger partial charge on any atom is 0.422 e. The Kier molecular flexibility index (Phi) is 9.44. The van der Waals surface area contributed by atoms with E-state index in [0.717, 1.165) is 35.4 Å². The van der Waals surface area contributed by atoms with Crippen LogP contribution < -0.4 is 24.4 Å². The SMILES string of the molecule is CNC(=O)N(c1ccc(S(=O)(=O)Nc2cccc(F)n2)cn1)c1cc(Cl)c(-c2ccc(F)c(OCC(F)(F)F)c2)cc1OC. The number of hydrogen-bond donors (Lipinski definition) is 2. The quantitative estimate of drug-likeness (QED) is 0.160. The van der Waals surface area contributed by atoms with Crippen LogP contribution in [0, 0.1) is 11.8 Å². The predicted octanol–water partition coefficient (Wildman–Crippen LogP) is 6.30. The van der Waals surface area contributed by atoms with Gasteiger partial charge in [-0.1, -0.05) is 23.7 Å². The van der Waals surface area contributed by atoms with Crippen molar-refractivity contribution in [3.63, 3.8) is 0 Å². The summed E-state index contributed by atoms with van der Waals surface area (Å²) in [6.07, 6.45) is -3.74. The second kappa shape index (κ2) is 12.9. The lowest BCUT2D eigenvalue weighted by molar-refractivity contribution is -0.153. The van der Waals surface area contributed by atoms with Gasteiger partial charge in [0, 0.05) is 18.8 Å². The van der Waals surface area contributed by atoms with Crippen LogP contribution in [-0.4, -0.2) is 51.4 Å². The molecule has 2 N–H and O–H groups in total. The highest BCUT2D eigenvalue weighted by molar-refractivity contribution is 7.92. The van der Waals surface area contributed by atoms with Gasteiger partial charge < -0.3 is 14.8 Å². The summed E-state index contributed by atoms with van der Waals surface area (Å²) < 4.78 is 103.